The Morgan fingerprint density at radius 3 is 2.57 bits per heavy atom. The molecule has 0 heterocycles. The molecule has 0 aliphatic carbocycles. The van der Waals surface area contributed by atoms with Crippen LogP contribution in [0.15, 0.2) is 42.5 Å². The van der Waals surface area contributed by atoms with Gasteiger partial charge in [-0.2, -0.15) is 5.26 Å². The summed E-state index contributed by atoms with van der Waals surface area (Å²) < 4.78 is 11.4. The normalized spacial score (nSPS) is 9.95. The minimum Gasteiger partial charge on any atom is -0.493 e. The summed E-state index contributed by atoms with van der Waals surface area (Å²) in [5.41, 5.74) is 3.02. The summed E-state index contributed by atoms with van der Waals surface area (Å²) in [6.07, 6.45) is 0.796. The topological polar surface area (TPSA) is 42.2 Å². The van der Waals surface area contributed by atoms with Gasteiger partial charge in [0.1, 0.15) is 11.5 Å². The van der Waals surface area contributed by atoms with Crippen LogP contribution in [0.25, 0.3) is 0 Å². The SMILES string of the molecule is Cc1cccc(OCCCOc2cccc(C#N)c2)c1C. The van der Waals surface area contributed by atoms with Crippen molar-refractivity contribution in [1.29, 1.82) is 5.26 Å². The van der Waals surface area contributed by atoms with Crippen LogP contribution < -0.4 is 9.47 Å². The summed E-state index contributed by atoms with van der Waals surface area (Å²) in [6.45, 7) is 5.32. The number of nitriles is 1. The number of aryl methyl sites for hydroxylation is 1. The van der Waals surface area contributed by atoms with Crippen LogP contribution in [0.5, 0.6) is 11.5 Å². The predicted octanol–water partition coefficient (Wildman–Crippen LogP) is 4.02. The predicted molar refractivity (Wildman–Crippen MR) is 82.7 cm³/mol. The van der Waals surface area contributed by atoms with Crippen molar-refractivity contribution < 1.29 is 9.47 Å². The first kappa shape index (κ1) is 14.9. The Hall–Kier alpha value is -2.47. The molecular weight excluding hydrogens is 262 g/mol. The van der Waals surface area contributed by atoms with Gasteiger partial charge < -0.3 is 9.47 Å². The molecule has 0 fully saturated rings. The van der Waals surface area contributed by atoms with Crippen molar-refractivity contribution in [3.63, 3.8) is 0 Å². The molecule has 2 aromatic rings. The van der Waals surface area contributed by atoms with E-state index in [0.29, 0.717) is 18.8 Å². The molecule has 0 aliphatic heterocycles. The summed E-state index contributed by atoms with van der Waals surface area (Å²) >= 11 is 0. The molecular formula is C18H19NO2. The fraction of sp³-hybridized carbons (Fsp3) is 0.278. The van der Waals surface area contributed by atoms with Crippen LogP contribution in [0.3, 0.4) is 0 Å². The van der Waals surface area contributed by atoms with Crippen molar-refractivity contribution in [1.82, 2.24) is 0 Å². The van der Waals surface area contributed by atoms with Gasteiger partial charge in [0, 0.05) is 6.42 Å². The Kier molecular flexibility index (Phi) is 5.22. The summed E-state index contributed by atoms with van der Waals surface area (Å²) in [6, 6.07) is 15.3. The first-order valence-corrected chi connectivity index (χ1v) is 7.02. The maximum atomic E-state index is 8.82. The molecule has 0 aliphatic rings. The fourth-order valence-electron chi connectivity index (χ4n) is 1.97. The van der Waals surface area contributed by atoms with E-state index in [9.17, 15) is 0 Å². The van der Waals surface area contributed by atoms with Gasteiger partial charge in [-0.25, -0.2) is 0 Å². The second-order valence-electron chi connectivity index (χ2n) is 4.89. The third kappa shape index (κ3) is 4.25. The minimum atomic E-state index is 0.569. The van der Waals surface area contributed by atoms with Gasteiger partial charge in [-0.15, -0.1) is 0 Å². The minimum absolute atomic E-state index is 0.569. The highest BCUT2D eigenvalue weighted by Crippen LogP contribution is 2.20. The number of hydrogen-bond acceptors (Lipinski definition) is 3. The highest BCUT2D eigenvalue weighted by Gasteiger charge is 2.01. The molecule has 0 radical (unpaired) electrons. The Balaban J connectivity index is 1.75. The van der Waals surface area contributed by atoms with Gasteiger partial charge in [0.2, 0.25) is 0 Å². The first-order chi connectivity index (χ1) is 10.2. The number of rotatable bonds is 6. The molecule has 0 bridgehead atoms. The molecule has 3 heteroatoms. The number of benzene rings is 2. The third-order valence-corrected chi connectivity index (χ3v) is 3.33. The van der Waals surface area contributed by atoms with Crippen LogP contribution in [0.4, 0.5) is 0 Å². The molecule has 0 aromatic heterocycles. The van der Waals surface area contributed by atoms with Crippen LogP contribution in [0.2, 0.25) is 0 Å². The van der Waals surface area contributed by atoms with Gasteiger partial charge in [-0.1, -0.05) is 18.2 Å². The van der Waals surface area contributed by atoms with Crippen LogP contribution in [-0.2, 0) is 0 Å². The number of hydrogen-bond donors (Lipinski definition) is 0. The van der Waals surface area contributed by atoms with Gasteiger partial charge in [0.15, 0.2) is 0 Å². The van der Waals surface area contributed by atoms with Crippen molar-refractivity contribution in [2.24, 2.45) is 0 Å². The Bertz CT molecular complexity index is 644. The van der Waals surface area contributed by atoms with Crippen molar-refractivity contribution in [3.05, 3.63) is 59.2 Å². The Morgan fingerprint density at radius 2 is 1.76 bits per heavy atom. The van der Waals surface area contributed by atoms with Crippen molar-refractivity contribution in [2.45, 2.75) is 20.3 Å². The zero-order valence-corrected chi connectivity index (χ0v) is 12.4. The molecule has 0 spiro atoms. The van der Waals surface area contributed by atoms with E-state index < -0.39 is 0 Å². The molecule has 0 N–H and O–H groups in total. The van der Waals surface area contributed by atoms with E-state index in [1.165, 1.54) is 11.1 Å². The molecule has 108 valence electrons. The fourth-order valence-corrected chi connectivity index (χ4v) is 1.97. The standard InChI is InChI=1S/C18H19NO2/c1-14-6-3-9-18(15(14)2)21-11-5-10-20-17-8-4-7-16(12-17)13-19/h3-4,6-9,12H,5,10-11H2,1-2H3. The van der Waals surface area contributed by atoms with Gasteiger partial charge in [-0.3, -0.25) is 0 Å². The molecule has 21 heavy (non-hydrogen) atoms. The van der Waals surface area contributed by atoms with Crippen molar-refractivity contribution in [2.75, 3.05) is 13.2 Å². The summed E-state index contributed by atoms with van der Waals surface area (Å²) in [4.78, 5) is 0. The first-order valence-electron chi connectivity index (χ1n) is 7.02. The van der Waals surface area contributed by atoms with Gasteiger partial charge >= 0.3 is 0 Å². The zero-order valence-electron chi connectivity index (χ0n) is 12.4. The Morgan fingerprint density at radius 1 is 1.00 bits per heavy atom. The molecule has 0 amide bonds. The summed E-state index contributed by atoms with van der Waals surface area (Å²) in [5.74, 6) is 1.65. The second-order valence-corrected chi connectivity index (χ2v) is 4.89. The van der Waals surface area contributed by atoms with Crippen molar-refractivity contribution in [3.8, 4) is 17.6 Å². The summed E-state index contributed by atoms with van der Waals surface area (Å²) in [7, 11) is 0. The van der Waals surface area contributed by atoms with Crippen molar-refractivity contribution >= 4 is 0 Å². The lowest BCUT2D eigenvalue weighted by Crippen LogP contribution is -2.06. The van der Waals surface area contributed by atoms with Gasteiger partial charge in [0.25, 0.3) is 0 Å². The second kappa shape index (κ2) is 7.35. The van der Waals surface area contributed by atoms with E-state index in [-0.39, 0.29) is 0 Å². The maximum absolute atomic E-state index is 8.82. The lowest BCUT2D eigenvalue weighted by molar-refractivity contribution is 0.246. The molecule has 0 unspecified atom stereocenters. The smallest absolute Gasteiger partial charge is 0.122 e. The molecule has 3 nitrogen and oxygen atoms in total. The van der Waals surface area contributed by atoms with Crippen LogP contribution >= 0.6 is 0 Å². The molecule has 0 saturated carbocycles. The molecule has 2 aromatic carbocycles. The number of ether oxygens (including phenoxy) is 2. The number of nitrogens with zero attached hydrogens (tertiary/aromatic N) is 1. The average molecular weight is 281 g/mol. The monoisotopic (exact) mass is 281 g/mol. The largest absolute Gasteiger partial charge is 0.493 e. The van der Waals surface area contributed by atoms with E-state index in [1.54, 1.807) is 12.1 Å². The summed E-state index contributed by atoms with van der Waals surface area (Å²) in [5, 5.41) is 8.82. The highest BCUT2D eigenvalue weighted by molar-refractivity contribution is 5.38. The zero-order chi connectivity index (χ0) is 15.1. The Labute approximate surface area is 125 Å². The maximum Gasteiger partial charge on any atom is 0.122 e. The lowest BCUT2D eigenvalue weighted by Gasteiger charge is -2.11. The van der Waals surface area contributed by atoms with E-state index >= 15 is 0 Å². The van der Waals surface area contributed by atoms with Crippen LogP contribution in [0.1, 0.15) is 23.1 Å². The highest BCUT2D eigenvalue weighted by atomic mass is 16.5. The van der Waals surface area contributed by atoms with Crippen LogP contribution in [-0.4, -0.2) is 13.2 Å². The molecule has 0 atom stereocenters. The van der Waals surface area contributed by atoms with E-state index in [2.05, 4.69) is 26.0 Å². The third-order valence-electron chi connectivity index (χ3n) is 3.33. The van der Waals surface area contributed by atoms with Crippen LogP contribution in [0, 0.1) is 25.2 Å². The van der Waals surface area contributed by atoms with E-state index in [4.69, 9.17) is 14.7 Å². The average Bonchev–Trinajstić information content (AvgIpc) is 2.51. The quantitative estimate of drug-likeness (QED) is 0.751. The van der Waals surface area contributed by atoms with E-state index in [1.807, 2.05) is 24.3 Å². The van der Waals surface area contributed by atoms with Gasteiger partial charge in [-0.05, 0) is 49.2 Å². The lowest BCUT2D eigenvalue weighted by atomic mass is 10.1. The van der Waals surface area contributed by atoms with E-state index in [0.717, 1.165) is 17.9 Å². The van der Waals surface area contributed by atoms with Gasteiger partial charge in [0.05, 0.1) is 24.8 Å². The molecule has 2 rings (SSSR count). The molecule has 0 saturated heterocycles.